The third kappa shape index (κ3) is 5.00. The Morgan fingerprint density at radius 3 is 2.46 bits per heavy atom. The second-order valence-electron chi connectivity index (χ2n) is 7.74. The zero-order valence-corrected chi connectivity index (χ0v) is 19.1. The molecule has 0 aromatic heterocycles. The van der Waals surface area contributed by atoms with Gasteiger partial charge >= 0.3 is 0 Å². The second kappa shape index (κ2) is 10.2. The number of benzene rings is 1. The van der Waals surface area contributed by atoms with Crippen LogP contribution in [0.5, 0.6) is 0 Å². The molecule has 2 aliphatic rings. The van der Waals surface area contributed by atoms with E-state index in [4.69, 9.17) is 11.6 Å². The van der Waals surface area contributed by atoms with Crippen LogP contribution < -0.4 is 0 Å². The van der Waals surface area contributed by atoms with Crippen LogP contribution in [0.3, 0.4) is 0 Å². The van der Waals surface area contributed by atoms with Gasteiger partial charge in [-0.2, -0.15) is 6.42 Å². The smallest absolute Gasteiger partial charge is 0.108 e. The van der Waals surface area contributed by atoms with Gasteiger partial charge in [-0.25, -0.2) is 0 Å². The van der Waals surface area contributed by atoms with E-state index >= 15 is 0 Å². The van der Waals surface area contributed by atoms with Crippen LogP contribution in [0.25, 0.3) is 0 Å². The molecule has 0 bridgehead atoms. The van der Waals surface area contributed by atoms with E-state index in [0.717, 1.165) is 44.1 Å². The van der Waals surface area contributed by atoms with Crippen molar-refractivity contribution in [2.24, 2.45) is 5.92 Å². The number of unbranched alkanes of at least 4 members (excludes halogenated alkanes) is 1. The third-order valence-corrected chi connectivity index (χ3v) is 6.63. The van der Waals surface area contributed by atoms with Gasteiger partial charge in [0.1, 0.15) is 6.10 Å². The fraction of sp³-hybridized carbons (Fsp3) is 0.591. The molecule has 1 aromatic rings. The van der Waals surface area contributed by atoms with Gasteiger partial charge in [0.15, 0.2) is 0 Å². The Kier molecular flexibility index (Phi) is 8.82. The molecule has 2 fully saturated rings. The number of aliphatic hydroxyl groups is 2. The largest absolute Gasteiger partial charge is 0.387 e. The summed E-state index contributed by atoms with van der Waals surface area (Å²) in [5.41, 5.74) is 1.20. The maximum absolute atomic E-state index is 10.4. The van der Waals surface area contributed by atoms with E-state index in [1.54, 1.807) is 0 Å². The van der Waals surface area contributed by atoms with Crippen molar-refractivity contribution in [2.45, 2.75) is 74.4 Å². The summed E-state index contributed by atoms with van der Waals surface area (Å²) < 4.78 is 0. The Morgan fingerprint density at radius 1 is 1.19 bits per heavy atom. The molecule has 4 heteroatoms. The number of aliphatic hydroxyl groups excluding tert-OH is 1. The average molecular weight is 451 g/mol. The van der Waals surface area contributed by atoms with Gasteiger partial charge in [0.05, 0.1) is 5.60 Å². The average Bonchev–Trinajstić information content (AvgIpc) is 2.97. The van der Waals surface area contributed by atoms with Crippen LogP contribution in [0.2, 0.25) is 0 Å². The Bertz CT molecular complexity index is 582. The SMILES string of the molecule is [CH2-]CC/C=C\CC1C(Cl)CCC1c1ccc(C(O)C2(O)CCC2)cc1.[Y]. The Hall–Kier alpha value is 0.274. The summed E-state index contributed by atoms with van der Waals surface area (Å²) in [6.07, 6.45) is 11.2. The first-order valence-electron chi connectivity index (χ1n) is 9.64. The van der Waals surface area contributed by atoms with Crippen LogP contribution >= 0.6 is 11.6 Å². The van der Waals surface area contributed by atoms with Crippen molar-refractivity contribution >= 4 is 11.6 Å². The molecule has 4 atom stereocenters. The first kappa shape index (κ1) is 22.6. The van der Waals surface area contributed by atoms with Crippen molar-refractivity contribution in [3.63, 3.8) is 0 Å². The summed E-state index contributed by atoms with van der Waals surface area (Å²) in [5.74, 6) is 0.944. The van der Waals surface area contributed by atoms with Gasteiger partial charge in [-0.3, -0.25) is 0 Å². The zero-order chi connectivity index (χ0) is 17.9. The maximum atomic E-state index is 10.4. The molecule has 2 N–H and O–H groups in total. The summed E-state index contributed by atoms with van der Waals surface area (Å²) in [7, 11) is 0. The predicted octanol–water partition coefficient (Wildman–Crippen LogP) is 5.29. The molecule has 2 saturated carbocycles. The molecular weight excluding hydrogens is 421 g/mol. The van der Waals surface area contributed by atoms with Crippen LogP contribution in [0, 0.1) is 12.8 Å². The van der Waals surface area contributed by atoms with E-state index in [0.29, 0.717) is 24.7 Å². The first-order valence-corrected chi connectivity index (χ1v) is 10.1. The molecule has 141 valence electrons. The van der Waals surface area contributed by atoms with E-state index in [1.807, 2.05) is 12.1 Å². The van der Waals surface area contributed by atoms with Crippen molar-refractivity contribution in [1.82, 2.24) is 0 Å². The fourth-order valence-electron chi connectivity index (χ4n) is 4.28. The van der Waals surface area contributed by atoms with Crippen molar-refractivity contribution in [3.8, 4) is 0 Å². The minimum Gasteiger partial charge on any atom is -0.387 e. The summed E-state index contributed by atoms with van der Waals surface area (Å²) in [6.45, 7) is 3.87. The maximum Gasteiger partial charge on any atom is 0.108 e. The van der Waals surface area contributed by atoms with Crippen LogP contribution in [0.1, 0.15) is 74.5 Å². The Labute approximate surface area is 188 Å². The molecule has 2 nitrogen and oxygen atoms in total. The van der Waals surface area contributed by atoms with Gasteiger partial charge < -0.3 is 17.1 Å². The Balaban J connectivity index is 0.00000243. The molecule has 4 unspecified atom stereocenters. The van der Waals surface area contributed by atoms with Crippen molar-refractivity contribution in [1.29, 1.82) is 0 Å². The molecule has 1 radical (unpaired) electrons. The molecular formula is C22H30ClO2Y-. The van der Waals surface area contributed by atoms with Gasteiger partial charge in [-0.1, -0.05) is 42.8 Å². The zero-order valence-electron chi connectivity index (χ0n) is 15.5. The van der Waals surface area contributed by atoms with Crippen molar-refractivity contribution < 1.29 is 42.9 Å². The second-order valence-corrected chi connectivity index (χ2v) is 8.30. The van der Waals surface area contributed by atoms with Gasteiger partial charge in [-0.15, -0.1) is 11.6 Å². The predicted molar refractivity (Wildman–Crippen MR) is 104 cm³/mol. The number of hydrogen-bond donors (Lipinski definition) is 2. The number of alkyl halides is 1. The van der Waals surface area contributed by atoms with Crippen LogP contribution in [-0.4, -0.2) is 21.2 Å². The van der Waals surface area contributed by atoms with E-state index in [9.17, 15) is 10.2 Å². The van der Waals surface area contributed by atoms with Crippen molar-refractivity contribution in [2.75, 3.05) is 0 Å². The van der Waals surface area contributed by atoms with E-state index < -0.39 is 11.7 Å². The molecule has 2 aliphatic carbocycles. The quantitative estimate of drug-likeness (QED) is 0.336. The number of halogens is 1. The van der Waals surface area contributed by atoms with E-state index in [2.05, 4.69) is 31.2 Å². The monoisotopic (exact) mass is 450 g/mol. The number of hydrogen-bond acceptors (Lipinski definition) is 2. The summed E-state index contributed by atoms with van der Waals surface area (Å²) in [6, 6.07) is 8.20. The van der Waals surface area contributed by atoms with Crippen LogP contribution in [-0.2, 0) is 32.7 Å². The minimum atomic E-state index is -0.919. The number of allylic oxidation sites excluding steroid dienone is 2. The molecule has 1 aromatic carbocycles. The van der Waals surface area contributed by atoms with Gasteiger partial charge in [0, 0.05) is 38.1 Å². The van der Waals surface area contributed by atoms with Crippen LogP contribution in [0.15, 0.2) is 36.4 Å². The van der Waals surface area contributed by atoms with Crippen LogP contribution in [0.4, 0.5) is 0 Å². The minimum absolute atomic E-state index is 0. The summed E-state index contributed by atoms with van der Waals surface area (Å²) >= 11 is 6.58. The van der Waals surface area contributed by atoms with Gasteiger partial charge in [-0.05, 0) is 61.5 Å². The topological polar surface area (TPSA) is 40.5 Å². The summed E-state index contributed by atoms with van der Waals surface area (Å²) in [4.78, 5) is 0. The summed E-state index contributed by atoms with van der Waals surface area (Å²) in [5, 5.41) is 21.0. The fourth-order valence-corrected chi connectivity index (χ4v) is 4.69. The van der Waals surface area contributed by atoms with Gasteiger partial charge in [0.25, 0.3) is 0 Å². The van der Waals surface area contributed by atoms with Gasteiger partial charge in [0.2, 0.25) is 0 Å². The molecule has 0 heterocycles. The first-order chi connectivity index (χ1) is 12.0. The van der Waals surface area contributed by atoms with E-state index in [1.165, 1.54) is 5.56 Å². The van der Waals surface area contributed by atoms with E-state index in [-0.39, 0.29) is 38.1 Å². The molecule has 0 saturated heterocycles. The third-order valence-electron chi connectivity index (χ3n) is 6.09. The van der Waals surface area contributed by atoms with Crippen molar-refractivity contribution in [3.05, 3.63) is 54.5 Å². The normalized spacial score (nSPS) is 28.5. The number of rotatable bonds is 7. The molecule has 0 amide bonds. The molecule has 3 rings (SSSR count). The standard InChI is InChI=1S/C22H30ClO2.Y/c1-2-3-4-5-7-19-18(12-13-20(19)23)16-8-10-17(11-9-16)21(24)22(25)14-6-15-22;/h4-5,8-11,18-21,24-25H,1-3,6-7,12-15H2;/q-1;/b5-4-;. The molecule has 0 spiro atoms. The Morgan fingerprint density at radius 2 is 1.88 bits per heavy atom. The molecule has 0 aliphatic heterocycles. The molecule has 26 heavy (non-hydrogen) atoms.